The molecule has 0 aromatic heterocycles. The first-order valence-electron chi connectivity index (χ1n) is 5.95. The lowest BCUT2D eigenvalue weighted by Gasteiger charge is -2.41. The highest BCUT2D eigenvalue weighted by molar-refractivity contribution is 5.98. The van der Waals surface area contributed by atoms with E-state index < -0.39 is 12.1 Å². The molecule has 1 fully saturated rings. The molecule has 0 saturated carbocycles. The van der Waals surface area contributed by atoms with Gasteiger partial charge in [0, 0.05) is 6.20 Å². The first-order valence-corrected chi connectivity index (χ1v) is 5.95. The van der Waals surface area contributed by atoms with Crippen molar-refractivity contribution in [1.29, 1.82) is 0 Å². The van der Waals surface area contributed by atoms with Crippen molar-refractivity contribution in [3.63, 3.8) is 0 Å². The van der Waals surface area contributed by atoms with Crippen molar-refractivity contribution in [2.75, 3.05) is 0 Å². The minimum Gasteiger partial charge on any atom is -0.494 e. The second kappa shape index (κ2) is 4.39. The van der Waals surface area contributed by atoms with Crippen molar-refractivity contribution in [1.82, 2.24) is 10.2 Å². The number of nitrogens with zero attached hydrogens (tertiary/aromatic N) is 1. The fraction of sp³-hybridized carbons (Fsp3) is 0.667. The number of ether oxygens (including phenoxy) is 1. The standard InChI is InChI=1S/C12H18N2O3/c1-7(2)6-9-12(16)14-4-5-17-8(3)10(14)11(15)13-9/h4-5,7-10H,6H2,1-3H3,(H,13,15)/t8-,9+,10+/m1/s1. The number of hydrogen-bond donors (Lipinski definition) is 1. The van der Waals surface area contributed by atoms with E-state index in [0.29, 0.717) is 12.3 Å². The zero-order valence-corrected chi connectivity index (χ0v) is 10.3. The quantitative estimate of drug-likeness (QED) is 0.767. The van der Waals surface area contributed by atoms with Gasteiger partial charge in [-0.2, -0.15) is 0 Å². The predicted molar refractivity (Wildman–Crippen MR) is 61.7 cm³/mol. The van der Waals surface area contributed by atoms with Crippen LogP contribution in [0.3, 0.4) is 0 Å². The van der Waals surface area contributed by atoms with E-state index in [-0.39, 0.29) is 17.9 Å². The number of amides is 2. The van der Waals surface area contributed by atoms with Crippen LogP contribution in [0.4, 0.5) is 0 Å². The van der Waals surface area contributed by atoms with Gasteiger partial charge in [-0.1, -0.05) is 13.8 Å². The highest BCUT2D eigenvalue weighted by Gasteiger charge is 2.44. The molecule has 0 radical (unpaired) electrons. The third kappa shape index (κ3) is 2.14. The summed E-state index contributed by atoms with van der Waals surface area (Å²) in [7, 11) is 0. The van der Waals surface area contributed by atoms with Crippen LogP contribution in [0.2, 0.25) is 0 Å². The molecule has 2 heterocycles. The lowest BCUT2D eigenvalue weighted by atomic mass is 9.97. The molecule has 1 N–H and O–H groups in total. The van der Waals surface area contributed by atoms with Crippen LogP contribution in [0.15, 0.2) is 12.5 Å². The summed E-state index contributed by atoms with van der Waals surface area (Å²) in [6, 6.07) is -0.940. The van der Waals surface area contributed by atoms with Gasteiger partial charge in [0.05, 0.1) is 6.26 Å². The molecule has 2 aliphatic rings. The first-order chi connectivity index (χ1) is 8.00. The minimum atomic E-state index is -0.532. The fourth-order valence-corrected chi connectivity index (χ4v) is 2.30. The molecule has 2 rings (SSSR count). The van der Waals surface area contributed by atoms with E-state index in [0.717, 1.165) is 0 Å². The highest BCUT2D eigenvalue weighted by atomic mass is 16.5. The molecule has 5 heteroatoms. The molecule has 1 saturated heterocycles. The summed E-state index contributed by atoms with van der Waals surface area (Å²) in [5.41, 5.74) is 0. The Bertz CT molecular complexity index is 365. The Morgan fingerprint density at radius 3 is 2.82 bits per heavy atom. The van der Waals surface area contributed by atoms with Crippen molar-refractivity contribution >= 4 is 11.8 Å². The molecular weight excluding hydrogens is 220 g/mol. The number of hydrogen-bond acceptors (Lipinski definition) is 3. The van der Waals surface area contributed by atoms with Crippen molar-refractivity contribution < 1.29 is 14.3 Å². The monoisotopic (exact) mass is 238 g/mol. The zero-order valence-electron chi connectivity index (χ0n) is 10.3. The van der Waals surface area contributed by atoms with Gasteiger partial charge < -0.3 is 10.1 Å². The van der Waals surface area contributed by atoms with Gasteiger partial charge in [0.2, 0.25) is 11.8 Å². The number of rotatable bonds is 2. The topological polar surface area (TPSA) is 58.6 Å². The van der Waals surface area contributed by atoms with Crippen LogP contribution in [0, 0.1) is 5.92 Å². The van der Waals surface area contributed by atoms with Crippen LogP contribution in [0.1, 0.15) is 27.2 Å². The summed E-state index contributed by atoms with van der Waals surface area (Å²) in [6.07, 6.45) is 3.39. The van der Waals surface area contributed by atoms with E-state index >= 15 is 0 Å². The summed E-state index contributed by atoms with van der Waals surface area (Å²) < 4.78 is 5.25. The zero-order chi connectivity index (χ0) is 12.6. The second-order valence-corrected chi connectivity index (χ2v) is 5.01. The number of carbonyl (C=O) groups excluding carboxylic acids is 2. The molecule has 0 aromatic rings. The number of fused-ring (bicyclic) bond motifs is 1. The molecule has 0 unspecified atom stereocenters. The van der Waals surface area contributed by atoms with Crippen LogP contribution < -0.4 is 5.32 Å². The summed E-state index contributed by atoms with van der Waals surface area (Å²) >= 11 is 0. The van der Waals surface area contributed by atoms with Gasteiger partial charge >= 0.3 is 0 Å². The Labute approximate surface area is 101 Å². The molecule has 94 valence electrons. The first kappa shape index (κ1) is 12.0. The van der Waals surface area contributed by atoms with Gasteiger partial charge in [0.25, 0.3) is 0 Å². The van der Waals surface area contributed by atoms with Gasteiger partial charge in [-0.3, -0.25) is 14.5 Å². The molecule has 0 spiro atoms. The van der Waals surface area contributed by atoms with E-state index in [2.05, 4.69) is 5.32 Å². The van der Waals surface area contributed by atoms with Gasteiger partial charge in [-0.15, -0.1) is 0 Å². The van der Waals surface area contributed by atoms with Crippen molar-refractivity contribution in [2.24, 2.45) is 5.92 Å². The minimum absolute atomic E-state index is 0.0466. The number of nitrogens with one attached hydrogen (secondary N) is 1. The molecule has 3 atom stereocenters. The largest absolute Gasteiger partial charge is 0.494 e. The molecule has 0 bridgehead atoms. The Hall–Kier alpha value is -1.52. The van der Waals surface area contributed by atoms with Gasteiger partial charge in [-0.25, -0.2) is 0 Å². The molecule has 0 aromatic carbocycles. The smallest absolute Gasteiger partial charge is 0.250 e. The van der Waals surface area contributed by atoms with Gasteiger partial charge in [-0.05, 0) is 19.3 Å². The third-order valence-corrected chi connectivity index (χ3v) is 3.10. The predicted octanol–water partition coefficient (Wildman–Crippen LogP) is 0.618. The Morgan fingerprint density at radius 1 is 1.47 bits per heavy atom. The summed E-state index contributed by atoms with van der Waals surface area (Å²) in [4.78, 5) is 25.6. The van der Waals surface area contributed by atoms with E-state index in [1.165, 1.54) is 11.2 Å². The van der Waals surface area contributed by atoms with Crippen molar-refractivity contribution in [3.8, 4) is 0 Å². The molecule has 0 aliphatic carbocycles. The average Bonchev–Trinajstić information content (AvgIpc) is 2.24. The molecule has 2 aliphatic heterocycles. The van der Waals surface area contributed by atoms with E-state index in [9.17, 15) is 9.59 Å². The van der Waals surface area contributed by atoms with Crippen molar-refractivity contribution in [2.45, 2.75) is 45.4 Å². The van der Waals surface area contributed by atoms with Crippen LogP contribution in [0.25, 0.3) is 0 Å². The third-order valence-electron chi connectivity index (χ3n) is 3.10. The molecule has 17 heavy (non-hydrogen) atoms. The Kier molecular flexibility index (Phi) is 3.09. The van der Waals surface area contributed by atoms with E-state index in [4.69, 9.17) is 4.74 Å². The second-order valence-electron chi connectivity index (χ2n) is 5.01. The number of carbonyl (C=O) groups is 2. The van der Waals surface area contributed by atoms with Crippen molar-refractivity contribution in [3.05, 3.63) is 12.5 Å². The number of piperazine rings is 1. The molecular formula is C12H18N2O3. The maximum atomic E-state index is 12.2. The molecule has 5 nitrogen and oxygen atoms in total. The average molecular weight is 238 g/mol. The lowest BCUT2D eigenvalue weighted by Crippen LogP contribution is -2.65. The Morgan fingerprint density at radius 2 is 2.18 bits per heavy atom. The normalized spacial score (nSPS) is 32.2. The summed E-state index contributed by atoms with van der Waals surface area (Å²) in [6.45, 7) is 5.85. The van der Waals surface area contributed by atoms with Crippen LogP contribution in [0.5, 0.6) is 0 Å². The lowest BCUT2D eigenvalue weighted by molar-refractivity contribution is -0.152. The van der Waals surface area contributed by atoms with Crippen LogP contribution in [-0.4, -0.2) is 34.9 Å². The van der Waals surface area contributed by atoms with E-state index in [1.54, 1.807) is 13.1 Å². The van der Waals surface area contributed by atoms with Gasteiger partial charge in [0.15, 0.2) is 6.04 Å². The highest BCUT2D eigenvalue weighted by Crippen LogP contribution is 2.22. The fourth-order valence-electron chi connectivity index (χ4n) is 2.30. The van der Waals surface area contributed by atoms with Gasteiger partial charge in [0.1, 0.15) is 12.1 Å². The van der Waals surface area contributed by atoms with Crippen LogP contribution >= 0.6 is 0 Å². The van der Waals surface area contributed by atoms with Crippen LogP contribution in [-0.2, 0) is 14.3 Å². The maximum absolute atomic E-state index is 12.2. The van der Waals surface area contributed by atoms with E-state index in [1.807, 2.05) is 13.8 Å². The Balaban J connectivity index is 2.20. The summed E-state index contributed by atoms with van der Waals surface area (Å²) in [5.74, 6) is 0.185. The SMILES string of the molecule is CC(C)C[C@@H]1NC(=O)[C@@H]2[C@@H](C)OC=CN2C1=O. The summed E-state index contributed by atoms with van der Waals surface area (Å²) in [5, 5.41) is 2.78. The molecule has 2 amide bonds. The maximum Gasteiger partial charge on any atom is 0.250 e.